The van der Waals surface area contributed by atoms with Crippen LogP contribution in [0, 0.1) is 5.82 Å². The molecule has 0 fully saturated rings. The van der Waals surface area contributed by atoms with Crippen LogP contribution in [-0.2, 0) is 6.42 Å². The fourth-order valence-corrected chi connectivity index (χ4v) is 2.72. The number of aryl methyl sites for hydroxylation is 1. The van der Waals surface area contributed by atoms with E-state index in [0.717, 1.165) is 23.4 Å². The number of nitrogens with zero attached hydrogens (tertiary/aromatic N) is 2. The normalized spacial score (nSPS) is 13.1. The van der Waals surface area contributed by atoms with Crippen molar-refractivity contribution < 1.29 is 17.9 Å². The van der Waals surface area contributed by atoms with Gasteiger partial charge in [0.25, 0.3) is 0 Å². The van der Waals surface area contributed by atoms with Crippen molar-refractivity contribution in [3.63, 3.8) is 0 Å². The molecule has 178 valence electrons. The molecule has 2 aromatic rings. The van der Waals surface area contributed by atoms with Gasteiger partial charge in [-0.25, -0.2) is 4.39 Å². The van der Waals surface area contributed by atoms with E-state index in [1.807, 2.05) is 40.7 Å². The third-order valence-electron chi connectivity index (χ3n) is 4.36. The van der Waals surface area contributed by atoms with Crippen molar-refractivity contribution in [3.8, 4) is 5.75 Å². The number of ether oxygens (including phenoxy) is 1. The molecule has 0 atom stereocenters. The van der Waals surface area contributed by atoms with E-state index < -0.39 is 6.11 Å². The van der Waals surface area contributed by atoms with Crippen LogP contribution in [-0.4, -0.2) is 24.1 Å². The molecule has 0 bridgehead atoms. The minimum absolute atomic E-state index is 0.100. The molecule has 0 aromatic heterocycles. The Morgan fingerprint density at radius 2 is 1.67 bits per heavy atom. The van der Waals surface area contributed by atoms with Crippen LogP contribution in [0.5, 0.6) is 5.75 Å². The number of rotatable bonds is 6. The van der Waals surface area contributed by atoms with Crippen molar-refractivity contribution in [2.24, 2.45) is 9.98 Å². The maximum absolute atomic E-state index is 12.8. The third kappa shape index (κ3) is 10.3. The second kappa shape index (κ2) is 13.4. The predicted octanol–water partition coefficient (Wildman–Crippen LogP) is 7.92. The molecule has 0 spiro atoms. The number of hydrogen-bond acceptors (Lipinski definition) is 3. The minimum atomic E-state index is -3.20. The van der Waals surface area contributed by atoms with Crippen LogP contribution in [0.4, 0.5) is 13.2 Å². The third-order valence-corrected chi connectivity index (χ3v) is 4.36. The minimum Gasteiger partial charge on any atom is -0.433 e. The Hall–Kier alpha value is -3.15. The van der Waals surface area contributed by atoms with Crippen molar-refractivity contribution >= 4 is 17.1 Å². The second-order valence-electron chi connectivity index (χ2n) is 7.25. The summed E-state index contributed by atoms with van der Waals surface area (Å²) in [5, 5.41) is 0. The van der Waals surface area contributed by atoms with Gasteiger partial charge >= 0.3 is 6.11 Å². The van der Waals surface area contributed by atoms with Gasteiger partial charge in [-0.3, -0.25) is 9.98 Å². The average Bonchev–Trinajstić information content (AvgIpc) is 3.22. The van der Waals surface area contributed by atoms with Gasteiger partial charge in [0, 0.05) is 6.92 Å². The lowest BCUT2D eigenvalue weighted by molar-refractivity contribution is -0.158. The average molecular weight is 459 g/mol. The Kier molecular flexibility index (Phi) is 11.3. The van der Waals surface area contributed by atoms with Crippen molar-refractivity contribution in [3.05, 3.63) is 83.7 Å². The number of alkyl halides is 2. The molecule has 0 saturated carbocycles. The van der Waals surface area contributed by atoms with E-state index in [4.69, 9.17) is 0 Å². The van der Waals surface area contributed by atoms with Crippen LogP contribution in [0.15, 0.2) is 76.7 Å². The van der Waals surface area contributed by atoms with E-state index in [2.05, 4.69) is 21.3 Å². The van der Waals surface area contributed by atoms with Crippen LogP contribution in [0.3, 0.4) is 0 Å². The molecule has 0 radical (unpaired) electrons. The quantitative estimate of drug-likeness (QED) is 0.405. The molecule has 3 rings (SSSR count). The van der Waals surface area contributed by atoms with Gasteiger partial charge in [-0.2, -0.15) is 8.78 Å². The van der Waals surface area contributed by atoms with E-state index in [0.29, 0.717) is 19.2 Å². The van der Waals surface area contributed by atoms with Crippen LogP contribution in [0.1, 0.15) is 52.7 Å². The highest BCUT2D eigenvalue weighted by molar-refractivity contribution is 6.47. The molecular formula is C27H33F3N2O. The van der Waals surface area contributed by atoms with Gasteiger partial charge in [-0.05, 0) is 79.4 Å². The Balaban J connectivity index is 0.000000412. The van der Waals surface area contributed by atoms with Crippen molar-refractivity contribution in [2.75, 3.05) is 6.54 Å². The van der Waals surface area contributed by atoms with Crippen molar-refractivity contribution in [1.82, 2.24) is 0 Å². The van der Waals surface area contributed by atoms with Gasteiger partial charge in [0.1, 0.15) is 11.6 Å². The number of benzene rings is 2. The van der Waals surface area contributed by atoms with Gasteiger partial charge in [0.15, 0.2) is 0 Å². The summed E-state index contributed by atoms with van der Waals surface area (Å²) in [7, 11) is 0. The molecule has 0 aliphatic carbocycles. The maximum Gasteiger partial charge on any atom is 0.394 e. The summed E-state index contributed by atoms with van der Waals surface area (Å²) in [6, 6.07) is 12.8. The summed E-state index contributed by atoms with van der Waals surface area (Å²) >= 11 is 0. The van der Waals surface area contributed by atoms with Gasteiger partial charge in [0.05, 0.1) is 23.7 Å². The molecule has 1 aliphatic heterocycles. The summed E-state index contributed by atoms with van der Waals surface area (Å²) in [5.74, 6) is -0.0596. The van der Waals surface area contributed by atoms with Crippen LogP contribution in [0.25, 0.3) is 5.70 Å². The Morgan fingerprint density at radius 3 is 2.12 bits per heavy atom. The lowest BCUT2D eigenvalue weighted by Crippen LogP contribution is -2.18. The highest BCUT2D eigenvalue weighted by atomic mass is 19.3. The largest absolute Gasteiger partial charge is 0.433 e. The summed E-state index contributed by atoms with van der Waals surface area (Å²) in [4.78, 5) is 8.79. The second-order valence-corrected chi connectivity index (χ2v) is 7.25. The predicted molar refractivity (Wildman–Crippen MR) is 133 cm³/mol. The number of allylic oxidation sites excluding steroid dienone is 1. The molecular weight excluding hydrogens is 425 g/mol. The monoisotopic (exact) mass is 458 g/mol. The Labute approximate surface area is 195 Å². The summed E-state index contributed by atoms with van der Waals surface area (Å²) in [5.41, 5.74) is 5.29. The molecule has 1 heterocycles. The topological polar surface area (TPSA) is 34.0 Å². The zero-order valence-electron chi connectivity index (χ0n) is 20.3. The lowest BCUT2D eigenvalue weighted by Gasteiger charge is -2.13. The molecule has 6 heteroatoms. The standard InChI is InChI=1S/C17H18F2N2O.C8H9F.C2H6/c1-11-9-16(20-10-11)13(3)21-12(2)14-5-7-15(8-6-14)22-17(4,18)19;1-2-7-3-5-8(9)6-4-7;1-2/h5-9H,2,10H2,1,3-4H3;3-6H,2H2,1H3;1-2H3. The highest BCUT2D eigenvalue weighted by Crippen LogP contribution is 2.23. The van der Waals surface area contributed by atoms with Gasteiger partial charge in [-0.15, -0.1) is 0 Å². The highest BCUT2D eigenvalue weighted by Gasteiger charge is 2.22. The van der Waals surface area contributed by atoms with E-state index >= 15 is 0 Å². The van der Waals surface area contributed by atoms with E-state index in [-0.39, 0.29) is 11.6 Å². The van der Waals surface area contributed by atoms with Crippen LogP contribution >= 0.6 is 0 Å². The Morgan fingerprint density at radius 1 is 1.09 bits per heavy atom. The summed E-state index contributed by atoms with van der Waals surface area (Å²) < 4.78 is 42.2. The zero-order valence-corrected chi connectivity index (χ0v) is 20.3. The first-order valence-corrected chi connectivity index (χ1v) is 11.0. The molecule has 2 aromatic carbocycles. The first kappa shape index (κ1) is 27.9. The maximum atomic E-state index is 12.8. The fourth-order valence-electron chi connectivity index (χ4n) is 2.72. The van der Waals surface area contributed by atoms with Crippen molar-refractivity contribution in [1.29, 1.82) is 0 Å². The number of halogens is 3. The molecule has 0 unspecified atom stereocenters. The van der Waals surface area contributed by atoms with E-state index in [9.17, 15) is 13.2 Å². The first-order valence-electron chi connectivity index (χ1n) is 11.0. The molecule has 33 heavy (non-hydrogen) atoms. The Bertz CT molecular complexity index is 984. The summed E-state index contributed by atoms with van der Waals surface area (Å²) in [6.45, 7) is 15.2. The molecule has 0 saturated heterocycles. The van der Waals surface area contributed by atoms with Gasteiger partial charge in [-0.1, -0.05) is 39.5 Å². The van der Waals surface area contributed by atoms with Gasteiger partial charge < -0.3 is 4.74 Å². The number of aliphatic imine (C=N–C) groups is 2. The van der Waals surface area contributed by atoms with Crippen LogP contribution < -0.4 is 4.74 Å². The smallest absolute Gasteiger partial charge is 0.394 e. The lowest BCUT2D eigenvalue weighted by atomic mass is 10.1. The SMILES string of the molecule is C=C(N=C(C)C1=NCC(C)=C1)c1ccc(OC(C)(F)F)cc1.CC.CCc1ccc(F)cc1. The van der Waals surface area contributed by atoms with Crippen molar-refractivity contribution in [2.45, 2.75) is 54.1 Å². The van der Waals surface area contributed by atoms with Gasteiger partial charge in [0.2, 0.25) is 0 Å². The van der Waals surface area contributed by atoms with E-state index in [1.165, 1.54) is 35.4 Å². The molecule has 1 aliphatic rings. The molecule has 0 amide bonds. The van der Waals surface area contributed by atoms with E-state index in [1.54, 1.807) is 24.3 Å². The number of hydrogen-bond donors (Lipinski definition) is 0. The molecule has 3 nitrogen and oxygen atoms in total. The molecule has 0 N–H and O–H groups in total. The fraction of sp³-hybridized carbons (Fsp3) is 0.333. The van der Waals surface area contributed by atoms with Crippen LogP contribution in [0.2, 0.25) is 0 Å². The summed E-state index contributed by atoms with van der Waals surface area (Å²) in [6.07, 6.45) is -0.231. The first-order chi connectivity index (χ1) is 15.6. The zero-order chi connectivity index (χ0) is 25.0.